The third-order valence-electron chi connectivity index (χ3n) is 11.8. The molecule has 0 saturated carbocycles. The number of hydrogen-bond donors (Lipinski definition) is 0. The predicted molar refractivity (Wildman–Crippen MR) is 240 cm³/mol. The second kappa shape index (κ2) is 12.5. The number of benzene rings is 9. The Morgan fingerprint density at radius 1 is 0.246 bits per heavy atom. The fourth-order valence-corrected chi connectivity index (χ4v) is 9.41. The van der Waals surface area contributed by atoms with Crippen molar-refractivity contribution in [3.63, 3.8) is 0 Å². The highest BCUT2D eigenvalue weighted by Gasteiger charge is 2.23. The van der Waals surface area contributed by atoms with Gasteiger partial charge in [0.05, 0.1) is 38.8 Å². The van der Waals surface area contributed by atoms with Gasteiger partial charge in [-0.25, -0.2) is 0 Å². The summed E-state index contributed by atoms with van der Waals surface area (Å²) < 4.78 is 7.41. The van der Waals surface area contributed by atoms with Crippen LogP contribution in [0.4, 0.5) is 0 Å². The van der Waals surface area contributed by atoms with Crippen LogP contribution in [0.25, 0.3) is 105 Å². The van der Waals surface area contributed by atoms with Crippen molar-refractivity contribution < 1.29 is 0 Å². The normalized spacial score (nSPS) is 11.9. The summed E-state index contributed by atoms with van der Waals surface area (Å²) >= 11 is 0. The van der Waals surface area contributed by atoms with Crippen LogP contribution in [0, 0.1) is 0 Å². The van der Waals surface area contributed by atoms with Gasteiger partial charge in [-0.2, -0.15) is 0 Å². The lowest BCUT2D eigenvalue weighted by Gasteiger charge is -2.13. The Labute approximate surface area is 329 Å². The number of rotatable bonds is 5. The van der Waals surface area contributed by atoms with E-state index in [9.17, 15) is 0 Å². The minimum absolute atomic E-state index is 1.14. The Balaban J connectivity index is 1.15. The van der Waals surface area contributed by atoms with E-state index in [0.29, 0.717) is 0 Å². The monoisotopic (exact) mass is 725 g/mol. The summed E-state index contributed by atoms with van der Waals surface area (Å²) in [6, 6.07) is 77.3. The average molecular weight is 726 g/mol. The van der Waals surface area contributed by atoms with Gasteiger partial charge in [-0.15, -0.1) is 0 Å². The van der Waals surface area contributed by atoms with E-state index in [1.807, 2.05) is 0 Å². The second-order valence-electron chi connectivity index (χ2n) is 14.9. The van der Waals surface area contributed by atoms with Crippen LogP contribution < -0.4 is 0 Å². The molecule has 3 aromatic heterocycles. The summed E-state index contributed by atoms with van der Waals surface area (Å²) in [5.74, 6) is 0. The van der Waals surface area contributed by atoms with Gasteiger partial charge in [0.2, 0.25) is 0 Å². The molecule has 0 bridgehead atoms. The van der Waals surface area contributed by atoms with Crippen molar-refractivity contribution in [1.29, 1.82) is 0 Å². The molecule has 0 aliphatic heterocycles. The molecule has 0 saturated heterocycles. The third kappa shape index (κ3) is 4.73. The highest BCUT2D eigenvalue weighted by Crippen LogP contribution is 2.45. The number of nitrogens with zero attached hydrogens (tertiary/aromatic N) is 3. The third-order valence-corrected chi connectivity index (χ3v) is 11.8. The lowest BCUT2D eigenvalue weighted by Crippen LogP contribution is -1.97. The van der Waals surface area contributed by atoms with Crippen LogP contribution in [0.1, 0.15) is 0 Å². The quantitative estimate of drug-likeness (QED) is 0.168. The minimum atomic E-state index is 1.14. The summed E-state index contributed by atoms with van der Waals surface area (Å²) in [6.45, 7) is 0. The average Bonchev–Trinajstić information content (AvgIpc) is 3.93. The van der Waals surface area contributed by atoms with E-state index in [1.54, 1.807) is 0 Å². The molecule has 12 rings (SSSR count). The van der Waals surface area contributed by atoms with Gasteiger partial charge < -0.3 is 13.7 Å². The molecule has 0 aliphatic rings. The van der Waals surface area contributed by atoms with Crippen LogP contribution in [-0.2, 0) is 0 Å². The Morgan fingerprint density at radius 3 is 1.46 bits per heavy atom. The highest BCUT2D eigenvalue weighted by atomic mass is 15.0. The van der Waals surface area contributed by atoms with Gasteiger partial charge in [0.25, 0.3) is 0 Å². The SMILES string of the molecule is c1ccc(-c2cccc(-c3cccc(-n4c5ccccc5c5c4ccc4c6ccccc6n(-c6cccc7c6c6ccccc6n7-c6ccccc6)c45)c3)c2)cc1. The first kappa shape index (κ1) is 31.7. The lowest BCUT2D eigenvalue weighted by atomic mass is 9.99. The largest absolute Gasteiger partial charge is 0.309 e. The molecule has 3 heterocycles. The van der Waals surface area contributed by atoms with E-state index >= 15 is 0 Å². The highest BCUT2D eigenvalue weighted by molar-refractivity contribution is 6.27. The smallest absolute Gasteiger partial charge is 0.0641 e. The van der Waals surface area contributed by atoms with Crippen LogP contribution in [0.15, 0.2) is 212 Å². The topological polar surface area (TPSA) is 14.8 Å². The molecule has 9 aromatic carbocycles. The molecule has 0 atom stereocenters. The Kier molecular flexibility index (Phi) is 6.93. The molecular formula is C54H35N3. The van der Waals surface area contributed by atoms with Gasteiger partial charge in [0, 0.05) is 43.7 Å². The van der Waals surface area contributed by atoms with Gasteiger partial charge in [0.15, 0.2) is 0 Å². The zero-order chi connectivity index (χ0) is 37.5. The molecule has 57 heavy (non-hydrogen) atoms. The van der Waals surface area contributed by atoms with Crippen molar-refractivity contribution in [2.75, 3.05) is 0 Å². The van der Waals surface area contributed by atoms with Gasteiger partial charge in [-0.1, -0.05) is 146 Å². The van der Waals surface area contributed by atoms with E-state index in [1.165, 1.54) is 93.4 Å². The first-order valence-corrected chi connectivity index (χ1v) is 19.6. The summed E-state index contributed by atoms with van der Waals surface area (Å²) in [5, 5.41) is 7.45. The molecule has 3 nitrogen and oxygen atoms in total. The van der Waals surface area contributed by atoms with Gasteiger partial charge in [-0.05, 0) is 89.0 Å². The number of hydrogen-bond acceptors (Lipinski definition) is 0. The minimum Gasteiger partial charge on any atom is -0.309 e. The maximum absolute atomic E-state index is 2.54. The van der Waals surface area contributed by atoms with Crippen LogP contribution in [0.5, 0.6) is 0 Å². The van der Waals surface area contributed by atoms with Crippen LogP contribution >= 0.6 is 0 Å². The van der Waals surface area contributed by atoms with E-state index in [0.717, 1.165) is 11.4 Å². The van der Waals surface area contributed by atoms with E-state index in [4.69, 9.17) is 0 Å². The predicted octanol–water partition coefficient (Wildman–Crippen LogP) is 14.3. The standard InChI is InChI=1S/C54H35N3/c1-3-16-36(17-4-1)37-18-13-19-38(34-37)39-20-14-23-41(35-39)56-48-29-12-9-26-45(48)53-51(56)33-32-43-42-24-7-10-27-46(42)57(54(43)53)50-31-15-30-49-52(50)44-25-8-11-28-47(44)55(49)40-21-5-2-6-22-40/h1-35H. The zero-order valence-corrected chi connectivity index (χ0v) is 31.0. The fourth-order valence-electron chi connectivity index (χ4n) is 9.41. The van der Waals surface area contributed by atoms with Crippen LogP contribution in [-0.4, -0.2) is 13.7 Å². The first-order valence-electron chi connectivity index (χ1n) is 19.6. The molecule has 266 valence electrons. The zero-order valence-electron chi connectivity index (χ0n) is 31.0. The number of aromatic nitrogens is 3. The molecule has 0 aliphatic carbocycles. The Hall–Kier alpha value is -7.62. The summed E-state index contributed by atoms with van der Waals surface area (Å²) in [4.78, 5) is 0. The van der Waals surface area contributed by atoms with Crippen molar-refractivity contribution in [1.82, 2.24) is 13.7 Å². The van der Waals surface area contributed by atoms with Crippen molar-refractivity contribution in [3.8, 4) is 39.3 Å². The van der Waals surface area contributed by atoms with Gasteiger partial charge in [0.1, 0.15) is 0 Å². The van der Waals surface area contributed by atoms with Crippen molar-refractivity contribution in [3.05, 3.63) is 212 Å². The van der Waals surface area contributed by atoms with Crippen LogP contribution in [0.3, 0.4) is 0 Å². The molecule has 0 amide bonds. The molecule has 0 spiro atoms. The van der Waals surface area contributed by atoms with E-state index in [-0.39, 0.29) is 0 Å². The molecule has 0 N–H and O–H groups in total. The summed E-state index contributed by atoms with van der Waals surface area (Å²) in [7, 11) is 0. The molecule has 0 unspecified atom stereocenters. The summed E-state index contributed by atoms with van der Waals surface area (Å²) in [5.41, 5.74) is 15.5. The van der Waals surface area contributed by atoms with Crippen molar-refractivity contribution >= 4 is 65.4 Å². The maximum atomic E-state index is 2.54. The molecular weight excluding hydrogens is 691 g/mol. The van der Waals surface area contributed by atoms with Gasteiger partial charge in [-0.3, -0.25) is 0 Å². The van der Waals surface area contributed by atoms with E-state index in [2.05, 4.69) is 226 Å². The van der Waals surface area contributed by atoms with Gasteiger partial charge >= 0.3 is 0 Å². The number of fused-ring (bicyclic) bond motifs is 10. The Morgan fingerprint density at radius 2 is 0.719 bits per heavy atom. The number of para-hydroxylation sites is 4. The molecule has 12 aromatic rings. The molecule has 0 fully saturated rings. The fraction of sp³-hybridized carbons (Fsp3) is 0. The second-order valence-corrected chi connectivity index (χ2v) is 14.9. The molecule has 0 radical (unpaired) electrons. The van der Waals surface area contributed by atoms with Crippen molar-refractivity contribution in [2.45, 2.75) is 0 Å². The first-order chi connectivity index (χ1) is 28.3. The Bertz CT molecular complexity index is 3510. The van der Waals surface area contributed by atoms with Crippen molar-refractivity contribution in [2.24, 2.45) is 0 Å². The molecule has 3 heteroatoms. The van der Waals surface area contributed by atoms with E-state index < -0.39 is 0 Å². The lowest BCUT2D eigenvalue weighted by molar-refractivity contribution is 1.17. The maximum Gasteiger partial charge on any atom is 0.0641 e. The summed E-state index contributed by atoms with van der Waals surface area (Å²) in [6.07, 6.45) is 0. The van der Waals surface area contributed by atoms with Crippen LogP contribution in [0.2, 0.25) is 0 Å².